The fraction of sp³-hybridized carbons (Fsp3) is 0.308. The van der Waals surface area contributed by atoms with E-state index in [2.05, 4.69) is 48.4 Å². The number of nitrogens with zero attached hydrogens (tertiary/aromatic N) is 1. The van der Waals surface area contributed by atoms with Crippen molar-refractivity contribution >= 4 is 23.1 Å². The van der Waals surface area contributed by atoms with Crippen molar-refractivity contribution < 1.29 is 0 Å². The fourth-order valence-corrected chi connectivity index (χ4v) is 3.21. The summed E-state index contributed by atoms with van der Waals surface area (Å²) in [5.41, 5.74) is 1.33. The van der Waals surface area contributed by atoms with Crippen molar-refractivity contribution in [2.24, 2.45) is 0 Å². The number of hydrogen-bond donors (Lipinski definition) is 1. The number of aromatic nitrogens is 1. The van der Waals surface area contributed by atoms with Gasteiger partial charge in [0.1, 0.15) is 0 Å². The highest BCUT2D eigenvalue weighted by molar-refractivity contribution is 8.01. The molecule has 0 radical (unpaired) electrons. The Morgan fingerprint density at radius 1 is 1.35 bits per heavy atom. The van der Waals surface area contributed by atoms with E-state index < -0.39 is 0 Å². The van der Waals surface area contributed by atoms with E-state index in [0.717, 1.165) is 10.9 Å². The lowest BCUT2D eigenvalue weighted by Crippen LogP contribution is -2.17. The third-order valence-corrected chi connectivity index (χ3v) is 4.40. The normalized spacial score (nSPS) is 12.6. The van der Waals surface area contributed by atoms with E-state index in [9.17, 15) is 0 Å². The maximum Gasteiger partial charge on any atom is 0.154 e. The van der Waals surface area contributed by atoms with Gasteiger partial charge in [0, 0.05) is 22.5 Å². The predicted octanol–water partition coefficient (Wildman–Crippen LogP) is 3.96. The van der Waals surface area contributed by atoms with Gasteiger partial charge in [0.25, 0.3) is 0 Å². The van der Waals surface area contributed by atoms with Crippen LogP contribution in [-0.2, 0) is 0 Å². The van der Waals surface area contributed by atoms with Crippen LogP contribution in [0.2, 0.25) is 0 Å². The number of hydrogen-bond acceptors (Lipinski definition) is 4. The molecule has 1 atom stereocenters. The molecule has 0 bridgehead atoms. The van der Waals surface area contributed by atoms with Crippen LogP contribution in [0, 0.1) is 0 Å². The first kappa shape index (κ1) is 12.6. The summed E-state index contributed by atoms with van der Waals surface area (Å²) in [7, 11) is 0. The summed E-state index contributed by atoms with van der Waals surface area (Å²) in [4.78, 5) is 5.51. The minimum Gasteiger partial charge on any atom is -0.310 e. The molecule has 4 heteroatoms. The lowest BCUT2D eigenvalue weighted by atomic mass is 10.1. The molecule has 90 valence electrons. The molecule has 17 heavy (non-hydrogen) atoms. The molecular formula is C13H16N2S2. The van der Waals surface area contributed by atoms with Crippen LogP contribution >= 0.6 is 23.1 Å². The Morgan fingerprint density at radius 3 is 2.71 bits per heavy atom. The molecule has 2 aromatic rings. The second-order valence-electron chi connectivity index (χ2n) is 3.75. The van der Waals surface area contributed by atoms with Gasteiger partial charge in [-0.3, -0.25) is 0 Å². The molecule has 2 rings (SSSR count). The predicted molar refractivity (Wildman–Crippen MR) is 74.8 cm³/mol. The first-order chi connectivity index (χ1) is 8.29. The van der Waals surface area contributed by atoms with Crippen LogP contribution in [0.15, 0.2) is 45.1 Å². The number of thiazole rings is 1. The van der Waals surface area contributed by atoms with Gasteiger partial charge in [0.05, 0.1) is 0 Å². The first-order valence-electron chi connectivity index (χ1n) is 5.70. The molecule has 0 aliphatic heterocycles. The van der Waals surface area contributed by atoms with Crippen LogP contribution in [-0.4, -0.2) is 11.5 Å². The molecule has 1 unspecified atom stereocenters. The van der Waals surface area contributed by atoms with Gasteiger partial charge in [0.2, 0.25) is 0 Å². The van der Waals surface area contributed by atoms with Gasteiger partial charge in [-0.15, -0.1) is 11.3 Å². The van der Waals surface area contributed by atoms with Crippen molar-refractivity contribution in [2.75, 3.05) is 6.54 Å². The zero-order chi connectivity index (χ0) is 12.1. The fourth-order valence-electron chi connectivity index (χ4n) is 1.61. The maximum absolute atomic E-state index is 4.27. The van der Waals surface area contributed by atoms with Crippen LogP contribution < -0.4 is 5.32 Å². The number of rotatable bonds is 5. The summed E-state index contributed by atoms with van der Waals surface area (Å²) < 4.78 is 1.09. The van der Waals surface area contributed by atoms with Crippen molar-refractivity contribution in [3.63, 3.8) is 0 Å². The van der Waals surface area contributed by atoms with Crippen molar-refractivity contribution in [3.05, 3.63) is 41.4 Å². The van der Waals surface area contributed by atoms with Crippen LogP contribution in [0.4, 0.5) is 0 Å². The third kappa shape index (κ3) is 3.56. The van der Waals surface area contributed by atoms with Crippen LogP contribution in [0.3, 0.4) is 0 Å². The standard InChI is InChI=1S/C13H16N2S2/c1-3-14-10(2)11-4-6-12(7-5-11)17-13-15-8-9-16-13/h4-10,14H,3H2,1-2H3. The minimum atomic E-state index is 0.416. The smallest absolute Gasteiger partial charge is 0.154 e. The van der Waals surface area contributed by atoms with Crippen LogP contribution in [0.25, 0.3) is 0 Å². The van der Waals surface area contributed by atoms with E-state index in [0.29, 0.717) is 6.04 Å². The SMILES string of the molecule is CCNC(C)c1ccc(Sc2nccs2)cc1. The quantitative estimate of drug-likeness (QED) is 0.884. The van der Waals surface area contributed by atoms with E-state index in [1.807, 2.05) is 11.6 Å². The Bertz CT molecular complexity index is 437. The molecule has 0 saturated carbocycles. The largest absolute Gasteiger partial charge is 0.310 e. The van der Waals surface area contributed by atoms with Crippen molar-refractivity contribution in [1.82, 2.24) is 10.3 Å². The Kier molecular flexibility index (Phi) is 4.59. The van der Waals surface area contributed by atoms with E-state index in [1.54, 1.807) is 23.1 Å². The molecule has 0 aliphatic carbocycles. The van der Waals surface area contributed by atoms with Crippen molar-refractivity contribution in [2.45, 2.75) is 29.1 Å². The summed E-state index contributed by atoms with van der Waals surface area (Å²) in [5.74, 6) is 0. The Balaban J connectivity index is 2.02. The maximum atomic E-state index is 4.27. The summed E-state index contributed by atoms with van der Waals surface area (Å²) >= 11 is 3.39. The van der Waals surface area contributed by atoms with E-state index in [4.69, 9.17) is 0 Å². The molecule has 0 amide bonds. The molecular weight excluding hydrogens is 248 g/mol. The van der Waals surface area contributed by atoms with Gasteiger partial charge in [-0.05, 0) is 31.2 Å². The summed E-state index contributed by atoms with van der Waals surface area (Å²) in [5, 5.41) is 5.41. The minimum absolute atomic E-state index is 0.416. The van der Waals surface area contributed by atoms with Gasteiger partial charge < -0.3 is 5.32 Å². The summed E-state index contributed by atoms with van der Waals surface area (Å²) in [6, 6.07) is 9.11. The molecule has 0 aliphatic rings. The molecule has 1 aromatic carbocycles. The molecule has 0 saturated heterocycles. The Hall–Kier alpha value is -0.840. The van der Waals surface area contributed by atoms with Gasteiger partial charge in [-0.2, -0.15) is 0 Å². The zero-order valence-corrected chi connectivity index (χ0v) is 11.6. The second-order valence-corrected chi connectivity index (χ2v) is 5.96. The van der Waals surface area contributed by atoms with E-state index in [1.165, 1.54) is 10.5 Å². The topological polar surface area (TPSA) is 24.9 Å². The Labute approximate surface area is 110 Å². The molecule has 1 heterocycles. The van der Waals surface area contributed by atoms with Gasteiger partial charge in [-0.25, -0.2) is 4.98 Å². The molecule has 0 spiro atoms. The molecule has 1 aromatic heterocycles. The first-order valence-corrected chi connectivity index (χ1v) is 7.40. The molecule has 0 fully saturated rings. The van der Waals surface area contributed by atoms with Gasteiger partial charge in [-0.1, -0.05) is 30.8 Å². The summed E-state index contributed by atoms with van der Waals surface area (Å²) in [6.07, 6.45) is 1.84. The molecule has 1 N–H and O–H groups in total. The average Bonchev–Trinajstić information content (AvgIpc) is 2.83. The second kappa shape index (κ2) is 6.19. The monoisotopic (exact) mass is 264 g/mol. The highest BCUT2D eigenvalue weighted by Crippen LogP contribution is 2.29. The van der Waals surface area contributed by atoms with Gasteiger partial charge >= 0.3 is 0 Å². The lowest BCUT2D eigenvalue weighted by molar-refractivity contribution is 0.598. The van der Waals surface area contributed by atoms with Crippen molar-refractivity contribution in [1.29, 1.82) is 0 Å². The number of nitrogens with one attached hydrogen (secondary N) is 1. The third-order valence-electron chi connectivity index (χ3n) is 2.51. The highest BCUT2D eigenvalue weighted by Gasteiger charge is 2.04. The number of benzene rings is 1. The lowest BCUT2D eigenvalue weighted by Gasteiger charge is -2.12. The molecule has 2 nitrogen and oxygen atoms in total. The summed E-state index contributed by atoms with van der Waals surface area (Å²) in [6.45, 7) is 5.31. The van der Waals surface area contributed by atoms with E-state index in [-0.39, 0.29) is 0 Å². The van der Waals surface area contributed by atoms with Gasteiger partial charge in [0.15, 0.2) is 4.34 Å². The van der Waals surface area contributed by atoms with Crippen molar-refractivity contribution in [3.8, 4) is 0 Å². The highest BCUT2D eigenvalue weighted by atomic mass is 32.2. The van der Waals surface area contributed by atoms with E-state index >= 15 is 0 Å². The average molecular weight is 264 g/mol. The van der Waals surface area contributed by atoms with Crippen LogP contribution in [0.5, 0.6) is 0 Å². The van der Waals surface area contributed by atoms with Crippen LogP contribution in [0.1, 0.15) is 25.5 Å². The zero-order valence-electron chi connectivity index (χ0n) is 10.0. The Morgan fingerprint density at radius 2 is 2.12 bits per heavy atom.